The lowest BCUT2D eigenvalue weighted by Gasteiger charge is -2.28. The Kier molecular flexibility index (Phi) is 4.30. The molecule has 1 saturated heterocycles. The van der Waals surface area contributed by atoms with Crippen LogP contribution in [0.5, 0.6) is 0 Å². The van der Waals surface area contributed by atoms with Crippen LogP contribution in [0.2, 0.25) is 0 Å². The summed E-state index contributed by atoms with van der Waals surface area (Å²) in [6.07, 6.45) is 6.68. The zero-order valence-corrected chi connectivity index (χ0v) is 14.5. The summed E-state index contributed by atoms with van der Waals surface area (Å²) in [6.45, 7) is 10.4. The second-order valence-electron chi connectivity index (χ2n) is 7.65. The Morgan fingerprint density at radius 2 is 1.87 bits per heavy atom. The first-order chi connectivity index (χ1) is 10.8. The summed E-state index contributed by atoms with van der Waals surface area (Å²) in [7, 11) is 0. The van der Waals surface area contributed by atoms with Crippen molar-refractivity contribution in [2.75, 3.05) is 0 Å². The molecule has 0 radical (unpaired) electrons. The molecule has 1 aromatic carbocycles. The minimum absolute atomic E-state index is 0.0458. The van der Waals surface area contributed by atoms with E-state index in [1.165, 1.54) is 11.1 Å². The first-order valence-electron chi connectivity index (χ1n) is 8.31. The van der Waals surface area contributed by atoms with Gasteiger partial charge in [0.05, 0.1) is 17.5 Å². The maximum atomic E-state index is 6.14. The molecule has 0 unspecified atom stereocenters. The molecule has 1 N–H and O–H groups in total. The van der Waals surface area contributed by atoms with E-state index < -0.39 is 0 Å². The van der Waals surface area contributed by atoms with Crippen LogP contribution in [0.4, 0.5) is 0 Å². The van der Waals surface area contributed by atoms with E-state index >= 15 is 0 Å². The molecule has 23 heavy (non-hydrogen) atoms. The third-order valence-electron chi connectivity index (χ3n) is 4.57. The standard InChI is InChI=1S/C19H27N3O/c1-18(2)11-17(19(3,4)23-18)21-12-15-5-7-16(8-6-15)13-22-10-9-20-14-22/h5-10,14,17,21H,11-13H2,1-4H3/t17-/m0/s1. The highest BCUT2D eigenvalue weighted by atomic mass is 16.5. The van der Waals surface area contributed by atoms with Gasteiger partial charge in [0.2, 0.25) is 0 Å². The first-order valence-corrected chi connectivity index (χ1v) is 8.31. The van der Waals surface area contributed by atoms with Gasteiger partial charge in [-0.05, 0) is 45.2 Å². The maximum absolute atomic E-state index is 6.14. The molecule has 1 aliphatic rings. The number of nitrogens with zero attached hydrogens (tertiary/aromatic N) is 2. The summed E-state index contributed by atoms with van der Waals surface area (Å²) in [5, 5.41) is 3.67. The van der Waals surface area contributed by atoms with E-state index in [0.29, 0.717) is 6.04 Å². The topological polar surface area (TPSA) is 39.1 Å². The number of imidazole rings is 1. The summed E-state index contributed by atoms with van der Waals surface area (Å²) >= 11 is 0. The molecule has 124 valence electrons. The van der Waals surface area contributed by atoms with Crippen LogP contribution in [0.1, 0.15) is 45.2 Å². The highest BCUT2D eigenvalue weighted by molar-refractivity contribution is 5.23. The molecule has 0 saturated carbocycles. The third-order valence-corrected chi connectivity index (χ3v) is 4.57. The Labute approximate surface area is 138 Å². The van der Waals surface area contributed by atoms with Crippen LogP contribution < -0.4 is 5.32 Å². The zero-order chi connectivity index (χ0) is 16.5. The Bertz CT molecular complexity index is 629. The number of nitrogens with one attached hydrogen (secondary N) is 1. The number of benzene rings is 1. The lowest BCUT2D eigenvalue weighted by atomic mass is 9.94. The van der Waals surface area contributed by atoms with E-state index in [9.17, 15) is 0 Å². The monoisotopic (exact) mass is 313 g/mol. The fraction of sp³-hybridized carbons (Fsp3) is 0.526. The highest BCUT2D eigenvalue weighted by Crippen LogP contribution is 2.37. The van der Waals surface area contributed by atoms with E-state index in [0.717, 1.165) is 19.5 Å². The van der Waals surface area contributed by atoms with Crippen molar-refractivity contribution >= 4 is 0 Å². The third kappa shape index (κ3) is 4.01. The molecule has 4 heteroatoms. The molecule has 1 atom stereocenters. The average molecular weight is 313 g/mol. The van der Waals surface area contributed by atoms with Crippen LogP contribution in [-0.4, -0.2) is 26.8 Å². The van der Waals surface area contributed by atoms with Crippen LogP contribution in [-0.2, 0) is 17.8 Å². The fourth-order valence-corrected chi connectivity index (χ4v) is 3.47. The molecular formula is C19H27N3O. The zero-order valence-electron chi connectivity index (χ0n) is 14.5. The molecule has 1 aromatic heterocycles. The number of hydrogen-bond acceptors (Lipinski definition) is 3. The van der Waals surface area contributed by atoms with Crippen molar-refractivity contribution in [3.63, 3.8) is 0 Å². The van der Waals surface area contributed by atoms with Crippen molar-refractivity contribution in [3.8, 4) is 0 Å². The van der Waals surface area contributed by atoms with E-state index in [1.54, 1.807) is 0 Å². The van der Waals surface area contributed by atoms with Gasteiger partial charge < -0.3 is 14.6 Å². The summed E-state index contributed by atoms with van der Waals surface area (Å²) in [5.74, 6) is 0. The van der Waals surface area contributed by atoms with E-state index in [-0.39, 0.29) is 11.2 Å². The van der Waals surface area contributed by atoms with Gasteiger partial charge in [0, 0.05) is 31.5 Å². The van der Waals surface area contributed by atoms with Crippen LogP contribution in [0.3, 0.4) is 0 Å². The molecule has 0 amide bonds. The van der Waals surface area contributed by atoms with Gasteiger partial charge in [-0.3, -0.25) is 0 Å². The molecule has 0 bridgehead atoms. The van der Waals surface area contributed by atoms with Crippen LogP contribution in [0, 0.1) is 0 Å². The molecule has 1 aliphatic heterocycles. The lowest BCUT2D eigenvalue weighted by Crippen LogP contribution is -2.42. The van der Waals surface area contributed by atoms with Crippen molar-refractivity contribution in [1.29, 1.82) is 0 Å². The van der Waals surface area contributed by atoms with Gasteiger partial charge in [-0.25, -0.2) is 4.98 Å². The molecule has 2 aromatic rings. The quantitative estimate of drug-likeness (QED) is 0.920. The lowest BCUT2D eigenvalue weighted by molar-refractivity contribution is -0.0699. The van der Waals surface area contributed by atoms with Crippen LogP contribution in [0.25, 0.3) is 0 Å². The largest absolute Gasteiger partial charge is 0.368 e. The fourth-order valence-electron chi connectivity index (χ4n) is 3.47. The average Bonchev–Trinajstić information content (AvgIpc) is 3.03. The number of hydrogen-bond donors (Lipinski definition) is 1. The molecule has 4 nitrogen and oxygen atoms in total. The van der Waals surface area contributed by atoms with Crippen molar-refractivity contribution in [1.82, 2.24) is 14.9 Å². The van der Waals surface area contributed by atoms with Crippen LogP contribution >= 0.6 is 0 Å². The van der Waals surface area contributed by atoms with Gasteiger partial charge >= 0.3 is 0 Å². The molecular weight excluding hydrogens is 286 g/mol. The van der Waals surface area contributed by atoms with E-state index in [2.05, 4.69) is 66.8 Å². The number of ether oxygens (including phenoxy) is 1. The highest BCUT2D eigenvalue weighted by Gasteiger charge is 2.45. The minimum Gasteiger partial charge on any atom is -0.368 e. The molecule has 2 heterocycles. The van der Waals surface area contributed by atoms with Gasteiger partial charge in [0.25, 0.3) is 0 Å². The van der Waals surface area contributed by atoms with Crippen LogP contribution in [0.15, 0.2) is 43.0 Å². The maximum Gasteiger partial charge on any atom is 0.0949 e. The normalized spacial score (nSPS) is 22.3. The van der Waals surface area contributed by atoms with Gasteiger partial charge in [0.15, 0.2) is 0 Å². The molecule has 0 aliphatic carbocycles. The Balaban J connectivity index is 1.57. The SMILES string of the molecule is CC1(C)C[C@H](NCc2ccc(Cn3ccnc3)cc2)C(C)(C)O1. The number of aromatic nitrogens is 2. The number of rotatable bonds is 5. The summed E-state index contributed by atoms with van der Waals surface area (Å²) in [5.41, 5.74) is 2.43. The first kappa shape index (κ1) is 16.2. The van der Waals surface area contributed by atoms with Crippen molar-refractivity contribution < 1.29 is 4.74 Å². The van der Waals surface area contributed by atoms with E-state index in [4.69, 9.17) is 4.74 Å². The predicted octanol–water partition coefficient (Wildman–Crippen LogP) is 3.37. The van der Waals surface area contributed by atoms with E-state index in [1.807, 2.05) is 18.7 Å². The molecule has 3 rings (SSSR count). The van der Waals surface area contributed by atoms with Crippen molar-refractivity contribution in [3.05, 3.63) is 54.1 Å². The van der Waals surface area contributed by atoms with Gasteiger partial charge in [-0.15, -0.1) is 0 Å². The van der Waals surface area contributed by atoms with Crippen molar-refractivity contribution in [2.45, 2.75) is 64.4 Å². The smallest absolute Gasteiger partial charge is 0.0949 e. The second kappa shape index (κ2) is 6.10. The Hall–Kier alpha value is -1.65. The molecule has 1 fully saturated rings. The summed E-state index contributed by atoms with van der Waals surface area (Å²) in [6, 6.07) is 9.16. The summed E-state index contributed by atoms with van der Waals surface area (Å²) < 4.78 is 8.22. The summed E-state index contributed by atoms with van der Waals surface area (Å²) in [4.78, 5) is 4.08. The second-order valence-corrected chi connectivity index (χ2v) is 7.65. The Morgan fingerprint density at radius 1 is 1.17 bits per heavy atom. The predicted molar refractivity (Wildman–Crippen MR) is 92.3 cm³/mol. The van der Waals surface area contributed by atoms with Gasteiger partial charge in [-0.1, -0.05) is 24.3 Å². The van der Waals surface area contributed by atoms with Gasteiger partial charge in [-0.2, -0.15) is 0 Å². The van der Waals surface area contributed by atoms with Gasteiger partial charge in [0.1, 0.15) is 0 Å². The Morgan fingerprint density at radius 3 is 2.43 bits per heavy atom. The minimum atomic E-state index is -0.120. The van der Waals surface area contributed by atoms with Crippen molar-refractivity contribution in [2.24, 2.45) is 0 Å². The molecule has 0 spiro atoms.